The van der Waals surface area contributed by atoms with Gasteiger partial charge in [0.1, 0.15) is 0 Å². The van der Waals surface area contributed by atoms with E-state index in [0.717, 1.165) is 17.8 Å². The van der Waals surface area contributed by atoms with Crippen LogP contribution < -0.4 is 0 Å². The Bertz CT molecular complexity index is 332. The summed E-state index contributed by atoms with van der Waals surface area (Å²) >= 11 is 0. The summed E-state index contributed by atoms with van der Waals surface area (Å²) in [5.41, 5.74) is 4.66. The van der Waals surface area contributed by atoms with Gasteiger partial charge in [0.15, 0.2) is 0 Å². The molecule has 0 aliphatic heterocycles. The SMILES string of the molecule is CC.Cc1nc2c(nc1C)C(C)CCC2. The van der Waals surface area contributed by atoms with Gasteiger partial charge >= 0.3 is 0 Å². The molecular weight excluding hydrogens is 184 g/mol. The number of rotatable bonds is 0. The van der Waals surface area contributed by atoms with Crippen LogP contribution in [0.2, 0.25) is 0 Å². The quantitative estimate of drug-likeness (QED) is 0.648. The zero-order chi connectivity index (χ0) is 11.4. The lowest BCUT2D eigenvalue weighted by molar-refractivity contribution is 0.557. The van der Waals surface area contributed by atoms with Crippen molar-refractivity contribution in [2.75, 3.05) is 0 Å². The van der Waals surface area contributed by atoms with Crippen molar-refractivity contribution in [3.8, 4) is 0 Å². The summed E-state index contributed by atoms with van der Waals surface area (Å²) in [6.45, 7) is 10.3. The van der Waals surface area contributed by atoms with Crippen LogP contribution in [-0.4, -0.2) is 9.97 Å². The van der Waals surface area contributed by atoms with Gasteiger partial charge in [0.25, 0.3) is 0 Å². The van der Waals surface area contributed by atoms with Crippen LogP contribution >= 0.6 is 0 Å². The normalized spacial score (nSPS) is 18.9. The Kier molecular flexibility index (Phi) is 4.25. The van der Waals surface area contributed by atoms with E-state index in [1.54, 1.807) is 0 Å². The monoisotopic (exact) mass is 206 g/mol. The number of aromatic nitrogens is 2. The standard InChI is InChI=1S/C11H16N2.C2H6/c1-7-5-4-6-10-11(7)13-9(3)8(2)12-10;1-2/h7H,4-6H2,1-3H3;1-2H3. The smallest absolute Gasteiger partial charge is 0.0650 e. The summed E-state index contributed by atoms with van der Waals surface area (Å²) in [6, 6.07) is 0. The van der Waals surface area contributed by atoms with Crippen LogP contribution in [0, 0.1) is 13.8 Å². The Morgan fingerprint density at radius 3 is 2.33 bits per heavy atom. The minimum absolute atomic E-state index is 0.607. The Hall–Kier alpha value is -0.920. The van der Waals surface area contributed by atoms with E-state index in [2.05, 4.69) is 16.9 Å². The molecule has 0 N–H and O–H groups in total. The minimum atomic E-state index is 0.607. The third-order valence-corrected chi connectivity index (χ3v) is 2.93. The first-order valence-electron chi connectivity index (χ1n) is 6.02. The molecule has 1 aliphatic carbocycles. The maximum Gasteiger partial charge on any atom is 0.0650 e. The van der Waals surface area contributed by atoms with Crippen molar-refractivity contribution < 1.29 is 0 Å². The number of hydrogen-bond donors (Lipinski definition) is 0. The van der Waals surface area contributed by atoms with Gasteiger partial charge in [-0.1, -0.05) is 20.8 Å². The first kappa shape index (κ1) is 12.2. The molecule has 0 amide bonds. The third kappa shape index (κ3) is 2.55. The molecular formula is C13H22N2. The van der Waals surface area contributed by atoms with Gasteiger partial charge in [-0.05, 0) is 33.1 Å². The molecule has 2 nitrogen and oxygen atoms in total. The van der Waals surface area contributed by atoms with E-state index in [1.165, 1.54) is 24.2 Å². The molecule has 1 aliphatic rings. The Morgan fingerprint density at radius 1 is 1.07 bits per heavy atom. The molecule has 0 fully saturated rings. The molecule has 1 aromatic heterocycles. The fourth-order valence-corrected chi connectivity index (χ4v) is 1.96. The summed E-state index contributed by atoms with van der Waals surface area (Å²) in [7, 11) is 0. The second-order valence-electron chi connectivity index (χ2n) is 4.02. The lowest BCUT2D eigenvalue weighted by Crippen LogP contribution is -2.13. The van der Waals surface area contributed by atoms with Gasteiger partial charge in [0, 0.05) is 5.92 Å². The van der Waals surface area contributed by atoms with Gasteiger partial charge in [-0.15, -0.1) is 0 Å². The lowest BCUT2D eigenvalue weighted by atomic mass is 9.91. The van der Waals surface area contributed by atoms with Gasteiger partial charge in [0.05, 0.1) is 22.8 Å². The summed E-state index contributed by atoms with van der Waals surface area (Å²) in [6.07, 6.45) is 3.66. The molecule has 0 saturated heterocycles. The van der Waals surface area contributed by atoms with E-state index in [-0.39, 0.29) is 0 Å². The maximum atomic E-state index is 4.63. The second-order valence-corrected chi connectivity index (χ2v) is 4.02. The average molecular weight is 206 g/mol. The zero-order valence-corrected chi connectivity index (χ0v) is 10.6. The summed E-state index contributed by atoms with van der Waals surface area (Å²) in [5.74, 6) is 0.607. The molecule has 84 valence electrons. The van der Waals surface area contributed by atoms with Gasteiger partial charge in [-0.3, -0.25) is 9.97 Å². The number of hydrogen-bond acceptors (Lipinski definition) is 2. The molecule has 0 spiro atoms. The predicted molar refractivity (Wildman–Crippen MR) is 64.2 cm³/mol. The largest absolute Gasteiger partial charge is 0.254 e. The molecule has 1 unspecified atom stereocenters. The van der Waals surface area contributed by atoms with Crippen LogP contribution in [0.15, 0.2) is 0 Å². The van der Waals surface area contributed by atoms with Crippen molar-refractivity contribution in [2.45, 2.75) is 59.8 Å². The zero-order valence-electron chi connectivity index (χ0n) is 10.6. The van der Waals surface area contributed by atoms with Crippen LogP contribution in [-0.2, 0) is 6.42 Å². The van der Waals surface area contributed by atoms with Crippen LogP contribution in [0.1, 0.15) is 62.3 Å². The van der Waals surface area contributed by atoms with Crippen LogP contribution in [0.4, 0.5) is 0 Å². The van der Waals surface area contributed by atoms with E-state index in [4.69, 9.17) is 0 Å². The summed E-state index contributed by atoms with van der Waals surface area (Å²) in [5, 5.41) is 0. The highest BCUT2D eigenvalue weighted by atomic mass is 14.8. The predicted octanol–water partition coefficient (Wildman–Crippen LogP) is 3.56. The van der Waals surface area contributed by atoms with Crippen molar-refractivity contribution in [1.82, 2.24) is 9.97 Å². The molecule has 15 heavy (non-hydrogen) atoms. The third-order valence-electron chi connectivity index (χ3n) is 2.93. The van der Waals surface area contributed by atoms with Crippen molar-refractivity contribution in [1.29, 1.82) is 0 Å². The minimum Gasteiger partial charge on any atom is -0.254 e. The van der Waals surface area contributed by atoms with Crippen LogP contribution in [0.25, 0.3) is 0 Å². The maximum absolute atomic E-state index is 4.63. The fourth-order valence-electron chi connectivity index (χ4n) is 1.96. The Labute approximate surface area is 93.2 Å². The highest BCUT2D eigenvalue weighted by Crippen LogP contribution is 2.28. The average Bonchev–Trinajstić information content (AvgIpc) is 2.24. The molecule has 2 rings (SSSR count). The highest BCUT2D eigenvalue weighted by molar-refractivity contribution is 5.23. The van der Waals surface area contributed by atoms with Crippen LogP contribution in [0.5, 0.6) is 0 Å². The Balaban J connectivity index is 0.000000531. The molecule has 0 aromatic carbocycles. The molecule has 0 bridgehead atoms. The van der Waals surface area contributed by atoms with E-state index in [0.29, 0.717) is 5.92 Å². The van der Waals surface area contributed by atoms with E-state index in [1.807, 2.05) is 27.7 Å². The van der Waals surface area contributed by atoms with Gasteiger partial charge < -0.3 is 0 Å². The first-order chi connectivity index (χ1) is 7.18. The number of nitrogens with zero attached hydrogens (tertiary/aromatic N) is 2. The van der Waals surface area contributed by atoms with E-state index >= 15 is 0 Å². The second kappa shape index (κ2) is 5.24. The van der Waals surface area contributed by atoms with Crippen molar-refractivity contribution in [2.24, 2.45) is 0 Å². The van der Waals surface area contributed by atoms with Crippen molar-refractivity contribution in [3.63, 3.8) is 0 Å². The fraction of sp³-hybridized carbons (Fsp3) is 0.692. The number of fused-ring (bicyclic) bond motifs is 1. The molecule has 0 saturated carbocycles. The molecule has 2 heteroatoms. The van der Waals surface area contributed by atoms with Gasteiger partial charge in [-0.25, -0.2) is 0 Å². The van der Waals surface area contributed by atoms with Gasteiger partial charge in [-0.2, -0.15) is 0 Å². The van der Waals surface area contributed by atoms with E-state index < -0.39 is 0 Å². The van der Waals surface area contributed by atoms with Crippen molar-refractivity contribution in [3.05, 3.63) is 22.8 Å². The molecule has 1 atom stereocenters. The van der Waals surface area contributed by atoms with Crippen LogP contribution in [0.3, 0.4) is 0 Å². The molecule has 1 aromatic rings. The van der Waals surface area contributed by atoms with Gasteiger partial charge in [0.2, 0.25) is 0 Å². The van der Waals surface area contributed by atoms with Crippen molar-refractivity contribution >= 4 is 0 Å². The number of aryl methyl sites for hydroxylation is 3. The Morgan fingerprint density at radius 2 is 1.67 bits per heavy atom. The summed E-state index contributed by atoms with van der Waals surface area (Å²) in [4.78, 5) is 9.23. The first-order valence-corrected chi connectivity index (χ1v) is 6.02. The molecule has 0 radical (unpaired) electrons. The molecule has 1 heterocycles. The highest BCUT2D eigenvalue weighted by Gasteiger charge is 2.19. The topological polar surface area (TPSA) is 25.8 Å². The summed E-state index contributed by atoms with van der Waals surface area (Å²) < 4.78 is 0. The van der Waals surface area contributed by atoms with E-state index in [9.17, 15) is 0 Å². The lowest BCUT2D eigenvalue weighted by Gasteiger charge is -2.21.